The molecule has 1 aromatic heterocycles. The highest BCUT2D eigenvalue weighted by atomic mass is 79.9. The normalized spacial score (nSPS) is 10.3. The summed E-state index contributed by atoms with van der Waals surface area (Å²) in [6.45, 7) is 3.24. The van der Waals surface area contributed by atoms with Crippen molar-refractivity contribution in [2.24, 2.45) is 0 Å². The molecule has 0 fully saturated rings. The number of nitrogens with one attached hydrogen (secondary N) is 1. The molecule has 126 valence electrons. The van der Waals surface area contributed by atoms with Gasteiger partial charge in [0.1, 0.15) is 6.54 Å². The molecule has 1 N–H and O–H groups in total. The van der Waals surface area contributed by atoms with E-state index in [0.717, 1.165) is 14.9 Å². The molecule has 0 unspecified atom stereocenters. The number of benzene rings is 1. The molecule has 0 saturated heterocycles. The maximum Gasteiger partial charge on any atom is 0.325 e. The van der Waals surface area contributed by atoms with Crippen LogP contribution in [0.15, 0.2) is 34.1 Å². The molecule has 0 aliphatic heterocycles. The minimum Gasteiger partial charge on any atom is -0.456 e. The van der Waals surface area contributed by atoms with Crippen LogP contribution in [-0.2, 0) is 9.53 Å². The summed E-state index contributed by atoms with van der Waals surface area (Å²) in [5.74, 6) is -1.29. The van der Waals surface area contributed by atoms with Gasteiger partial charge in [0, 0.05) is 5.56 Å². The van der Waals surface area contributed by atoms with Crippen LogP contribution < -0.4 is 5.32 Å². The van der Waals surface area contributed by atoms with E-state index in [1.807, 2.05) is 19.9 Å². The minimum atomic E-state index is -0.656. The Morgan fingerprint density at radius 1 is 1.12 bits per heavy atom. The molecule has 0 saturated carbocycles. The lowest BCUT2D eigenvalue weighted by molar-refractivity contribution is -0.141. The van der Waals surface area contributed by atoms with E-state index < -0.39 is 5.97 Å². The Morgan fingerprint density at radius 2 is 1.88 bits per heavy atom. The average Bonchev–Trinajstić information content (AvgIpc) is 2.99. The van der Waals surface area contributed by atoms with Gasteiger partial charge in [0.05, 0.1) is 8.66 Å². The second-order valence-electron chi connectivity index (χ2n) is 5.17. The van der Waals surface area contributed by atoms with E-state index in [0.29, 0.717) is 10.4 Å². The van der Waals surface area contributed by atoms with E-state index in [4.69, 9.17) is 4.74 Å². The molecule has 0 aliphatic rings. The van der Waals surface area contributed by atoms with E-state index in [1.165, 1.54) is 11.3 Å². The fraction of sp³-hybridized carbons (Fsp3) is 0.235. The topological polar surface area (TPSA) is 72.5 Å². The summed E-state index contributed by atoms with van der Waals surface area (Å²) < 4.78 is 5.72. The van der Waals surface area contributed by atoms with Crippen molar-refractivity contribution in [2.45, 2.75) is 13.8 Å². The number of rotatable bonds is 6. The Morgan fingerprint density at radius 3 is 2.50 bits per heavy atom. The lowest BCUT2D eigenvalue weighted by Crippen LogP contribution is -2.31. The Balaban J connectivity index is 1.79. The summed E-state index contributed by atoms with van der Waals surface area (Å²) in [5, 5.41) is 2.48. The number of aryl methyl sites for hydroxylation is 2. The number of hydrogen-bond donors (Lipinski definition) is 1. The SMILES string of the molecule is Cc1ccc(C(=O)NCC(=O)OCC(=O)c2ccc(Br)s2)cc1C. The predicted octanol–water partition coefficient (Wildman–Crippen LogP) is 3.28. The van der Waals surface area contributed by atoms with Crippen molar-refractivity contribution < 1.29 is 19.1 Å². The number of esters is 1. The number of carbonyl (C=O) groups excluding carboxylic acids is 3. The zero-order valence-electron chi connectivity index (χ0n) is 13.2. The first-order valence-electron chi connectivity index (χ1n) is 7.16. The standard InChI is InChI=1S/C17H16BrNO4S/c1-10-3-4-12(7-11(10)2)17(22)19-8-16(21)23-9-13(20)14-5-6-15(18)24-14/h3-7H,8-9H2,1-2H3,(H,19,22). The molecule has 1 heterocycles. The summed E-state index contributed by atoms with van der Waals surface area (Å²) in [6.07, 6.45) is 0. The van der Waals surface area contributed by atoms with Crippen LogP contribution in [-0.4, -0.2) is 30.8 Å². The van der Waals surface area contributed by atoms with Crippen molar-refractivity contribution >= 4 is 44.9 Å². The zero-order valence-corrected chi connectivity index (χ0v) is 15.6. The summed E-state index contributed by atoms with van der Waals surface area (Å²) in [7, 11) is 0. The summed E-state index contributed by atoms with van der Waals surface area (Å²) in [6, 6.07) is 8.71. The van der Waals surface area contributed by atoms with Crippen LogP contribution in [0.2, 0.25) is 0 Å². The van der Waals surface area contributed by atoms with Crippen molar-refractivity contribution in [3.05, 3.63) is 55.7 Å². The highest BCUT2D eigenvalue weighted by molar-refractivity contribution is 9.11. The van der Waals surface area contributed by atoms with Crippen LogP contribution in [0, 0.1) is 13.8 Å². The molecule has 1 aromatic carbocycles. The summed E-state index contributed by atoms with van der Waals surface area (Å²) >= 11 is 4.54. The van der Waals surface area contributed by atoms with Crippen LogP contribution in [0.5, 0.6) is 0 Å². The zero-order chi connectivity index (χ0) is 17.7. The van der Waals surface area contributed by atoms with Crippen molar-refractivity contribution in [1.82, 2.24) is 5.32 Å². The number of thiophene rings is 1. The molecule has 24 heavy (non-hydrogen) atoms. The third kappa shape index (κ3) is 5.01. The van der Waals surface area contributed by atoms with E-state index in [1.54, 1.807) is 24.3 Å². The quantitative estimate of drug-likeness (QED) is 0.586. The third-order valence-corrected chi connectivity index (χ3v) is 5.04. The van der Waals surface area contributed by atoms with Gasteiger partial charge >= 0.3 is 5.97 Å². The molecule has 0 spiro atoms. The molecule has 1 amide bonds. The maximum atomic E-state index is 12.0. The van der Waals surface area contributed by atoms with E-state index in [9.17, 15) is 14.4 Å². The number of hydrogen-bond acceptors (Lipinski definition) is 5. The van der Waals surface area contributed by atoms with Gasteiger partial charge in [-0.15, -0.1) is 11.3 Å². The number of ether oxygens (including phenoxy) is 1. The lowest BCUT2D eigenvalue weighted by atomic mass is 10.1. The molecule has 0 aliphatic carbocycles. The molecule has 5 nitrogen and oxygen atoms in total. The van der Waals surface area contributed by atoms with Gasteiger partial charge in [-0.3, -0.25) is 14.4 Å². The van der Waals surface area contributed by atoms with E-state index in [-0.39, 0.29) is 24.8 Å². The Hall–Kier alpha value is -1.99. The van der Waals surface area contributed by atoms with Crippen LogP contribution in [0.25, 0.3) is 0 Å². The van der Waals surface area contributed by atoms with Crippen molar-refractivity contribution in [1.29, 1.82) is 0 Å². The number of amides is 1. The fourth-order valence-corrected chi connectivity index (χ4v) is 3.18. The predicted molar refractivity (Wildman–Crippen MR) is 95.6 cm³/mol. The third-order valence-electron chi connectivity index (χ3n) is 3.37. The molecule has 2 aromatic rings. The Labute approximate surface area is 152 Å². The average molecular weight is 410 g/mol. The van der Waals surface area contributed by atoms with Gasteiger partial charge in [0.15, 0.2) is 6.61 Å². The van der Waals surface area contributed by atoms with Crippen LogP contribution in [0.4, 0.5) is 0 Å². The first kappa shape index (κ1) is 18.4. The van der Waals surface area contributed by atoms with Gasteiger partial charge in [-0.05, 0) is 65.2 Å². The minimum absolute atomic E-state index is 0.278. The first-order valence-corrected chi connectivity index (χ1v) is 8.77. The number of carbonyl (C=O) groups is 3. The van der Waals surface area contributed by atoms with Crippen molar-refractivity contribution in [2.75, 3.05) is 13.2 Å². The number of ketones is 1. The fourth-order valence-electron chi connectivity index (χ4n) is 1.87. The Kier molecular flexibility index (Phi) is 6.28. The van der Waals surface area contributed by atoms with Gasteiger partial charge in [-0.2, -0.15) is 0 Å². The maximum absolute atomic E-state index is 12.0. The van der Waals surface area contributed by atoms with Crippen molar-refractivity contribution in [3.8, 4) is 0 Å². The summed E-state index contributed by atoms with van der Waals surface area (Å²) in [4.78, 5) is 36.0. The molecule has 0 atom stereocenters. The van der Waals surface area contributed by atoms with Crippen LogP contribution >= 0.6 is 27.3 Å². The molecular weight excluding hydrogens is 394 g/mol. The van der Waals surface area contributed by atoms with E-state index in [2.05, 4.69) is 21.2 Å². The number of halogens is 1. The van der Waals surface area contributed by atoms with Gasteiger partial charge < -0.3 is 10.1 Å². The molecule has 0 radical (unpaired) electrons. The first-order chi connectivity index (χ1) is 11.4. The summed E-state index contributed by atoms with van der Waals surface area (Å²) in [5.41, 5.74) is 2.56. The Bertz CT molecular complexity index is 785. The van der Waals surface area contributed by atoms with Gasteiger partial charge in [0.2, 0.25) is 5.78 Å². The number of Topliss-reactive ketones (excluding diaryl/α,β-unsaturated/α-hetero) is 1. The van der Waals surface area contributed by atoms with Crippen LogP contribution in [0.1, 0.15) is 31.2 Å². The van der Waals surface area contributed by atoms with Crippen LogP contribution in [0.3, 0.4) is 0 Å². The molecular formula is C17H16BrNO4S. The van der Waals surface area contributed by atoms with Gasteiger partial charge in [-0.1, -0.05) is 6.07 Å². The highest BCUT2D eigenvalue weighted by Gasteiger charge is 2.13. The van der Waals surface area contributed by atoms with Crippen molar-refractivity contribution in [3.63, 3.8) is 0 Å². The highest BCUT2D eigenvalue weighted by Crippen LogP contribution is 2.22. The molecule has 2 rings (SSSR count). The molecule has 0 bridgehead atoms. The van der Waals surface area contributed by atoms with E-state index >= 15 is 0 Å². The second-order valence-corrected chi connectivity index (χ2v) is 7.63. The second kappa shape index (κ2) is 8.21. The van der Waals surface area contributed by atoms with Gasteiger partial charge in [0.25, 0.3) is 5.91 Å². The largest absolute Gasteiger partial charge is 0.456 e. The smallest absolute Gasteiger partial charge is 0.325 e. The monoisotopic (exact) mass is 409 g/mol. The molecule has 7 heteroatoms. The van der Waals surface area contributed by atoms with Gasteiger partial charge in [-0.25, -0.2) is 0 Å². The lowest BCUT2D eigenvalue weighted by Gasteiger charge is -2.07.